The van der Waals surface area contributed by atoms with Gasteiger partial charge in [0.25, 0.3) is 0 Å². The van der Waals surface area contributed by atoms with Crippen LogP contribution in [0, 0.1) is 5.92 Å². The van der Waals surface area contributed by atoms with E-state index in [1.165, 1.54) is 23.0 Å². The van der Waals surface area contributed by atoms with Crippen molar-refractivity contribution in [3.8, 4) is 5.69 Å². The lowest BCUT2D eigenvalue weighted by atomic mass is 9.62. The third-order valence-corrected chi connectivity index (χ3v) is 8.26. The maximum atomic E-state index is 14.2. The van der Waals surface area contributed by atoms with Crippen molar-refractivity contribution in [2.75, 3.05) is 13.1 Å². The van der Waals surface area contributed by atoms with E-state index >= 15 is 0 Å². The van der Waals surface area contributed by atoms with Crippen molar-refractivity contribution < 1.29 is 18.3 Å². The van der Waals surface area contributed by atoms with Crippen LogP contribution in [0.3, 0.4) is 0 Å². The minimum Gasteiger partial charge on any atom is -0.393 e. The summed E-state index contributed by atoms with van der Waals surface area (Å²) < 4.78 is 46.8. The van der Waals surface area contributed by atoms with Crippen molar-refractivity contribution in [2.45, 2.75) is 56.8 Å². The van der Waals surface area contributed by atoms with Crippen LogP contribution >= 0.6 is 0 Å². The number of nitrogens with zero attached hydrogens (tertiary/aromatic N) is 6. The van der Waals surface area contributed by atoms with E-state index in [1.54, 1.807) is 29.1 Å². The minimum atomic E-state index is -4.62. The molecule has 206 valence electrons. The van der Waals surface area contributed by atoms with Crippen LogP contribution in [0.1, 0.15) is 55.1 Å². The number of fused-ring (bicyclic) bond motifs is 1. The number of rotatable bonds is 5. The molecule has 1 aliphatic carbocycles. The number of aliphatic hydroxyl groups excluding tert-OH is 1. The highest BCUT2D eigenvalue weighted by Crippen LogP contribution is 2.48. The smallest absolute Gasteiger partial charge is 0.393 e. The summed E-state index contributed by atoms with van der Waals surface area (Å²) in [7, 11) is 1.83. The van der Waals surface area contributed by atoms with Crippen LogP contribution in [0.2, 0.25) is 0 Å². The topological polar surface area (TPSA) is 80.6 Å². The lowest BCUT2D eigenvalue weighted by Crippen LogP contribution is -2.47. The number of piperidine rings is 1. The molecule has 3 aromatic heterocycles. The molecule has 8 nitrogen and oxygen atoms in total. The number of aliphatic hydroxyl groups is 1. The molecule has 6 rings (SSSR count). The molecule has 1 atom stereocenters. The second-order valence-corrected chi connectivity index (χ2v) is 11.2. The molecule has 4 heterocycles. The van der Waals surface area contributed by atoms with Gasteiger partial charge in [-0.25, -0.2) is 4.79 Å². The van der Waals surface area contributed by atoms with Crippen molar-refractivity contribution in [3.63, 3.8) is 0 Å². The standard InChI is InChI=1S/C28H31F3N6O2/c1-18-5-4-8-35(13-18)14-19-9-23(28(29,30)31)24-16-36(26(39)37(24)15-19)21-7-3-6-20(10-21)27(11-22(38)12-27)25-33-32-17-34(25)2/h3,6-7,9-10,15-18,22,38H,4-5,8,11-14H2,1-2H3/t18-,22-,27-/m0/s1. The molecule has 0 bridgehead atoms. The lowest BCUT2D eigenvalue weighted by Gasteiger charge is -2.44. The molecule has 0 unspecified atom stereocenters. The van der Waals surface area contributed by atoms with Crippen molar-refractivity contribution in [1.82, 2.24) is 28.6 Å². The summed E-state index contributed by atoms with van der Waals surface area (Å²) in [6.45, 7) is 4.16. The Morgan fingerprint density at radius 1 is 1.18 bits per heavy atom. The van der Waals surface area contributed by atoms with E-state index in [2.05, 4.69) is 22.0 Å². The average molecular weight is 541 g/mol. The number of likely N-dealkylation sites (tertiary alicyclic amines) is 1. The summed E-state index contributed by atoms with van der Waals surface area (Å²) in [5, 5.41) is 18.5. The number of hydrogen-bond acceptors (Lipinski definition) is 5. The molecular weight excluding hydrogens is 509 g/mol. The zero-order chi connectivity index (χ0) is 27.5. The first-order valence-corrected chi connectivity index (χ1v) is 13.2. The van der Waals surface area contributed by atoms with Gasteiger partial charge >= 0.3 is 11.9 Å². The Kier molecular flexibility index (Phi) is 6.18. The second kappa shape index (κ2) is 9.34. The van der Waals surface area contributed by atoms with E-state index in [0.717, 1.165) is 35.9 Å². The molecule has 1 N–H and O–H groups in total. The molecule has 4 aromatic rings. The Balaban J connectivity index is 1.44. The van der Waals surface area contributed by atoms with Gasteiger partial charge in [-0.05, 0) is 67.5 Å². The Morgan fingerprint density at radius 2 is 1.97 bits per heavy atom. The highest BCUT2D eigenvalue weighted by atomic mass is 19.4. The van der Waals surface area contributed by atoms with Gasteiger partial charge in [0.05, 0.1) is 28.3 Å². The number of aryl methyl sites for hydroxylation is 1. The quantitative estimate of drug-likeness (QED) is 0.415. The fourth-order valence-electron chi connectivity index (χ4n) is 6.39. The molecule has 1 saturated carbocycles. The van der Waals surface area contributed by atoms with Crippen molar-refractivity contribution in [2.24, 2.45) is 13.0 Å². The average Bonchev–Trinajstić information content (AvgIpc) is 3.44. The Hall–Kier alpha value is -3.44. The SMILES string of the molecule is C[C@H]1CCCN(Cc2cc(C(F)(F)F)c3cn(-c4cccc([C@]5(c6nncn6C)C[C@H](O)C5)c4)c(=O)n3c2)C1. The van der Waals surface area contributed by atoms with Gasteiger partial charge in [-0.3, -0.25) is 13.9 Å². The Morgan fingerprint density at radius 3 is 2.64 bits per heavy atom. The van der Waals surface area contributed by atoms with Crippen molar-refractivity contribution in [1.29, 1.82) is 0 Å². The summed E-state index contributed by atoms with van der Waals surface area (Å²) in [6, 6.07) is 8.34. The van der Waals surface area contributed by atoms with Gasteiger partial charge in [-0.15, -0.1) is 10.2 Å². The highest BCUT2D eigenvalue weighted by molar-refractivity contribution is 5.58. The van der Waals surface area contributed by atoms with Crippen LogP contribution in [0.4, 0.5) is 13.2 Å². The number of imidazole rings is 1. The molecular formula is C28H31F3N6O2. The van der Waals surface area contributed by atoms with Gasteiger partial charge in [-0.1, -0.05) is 19.1 Å². The van der Waals surface area contributed by atoms with E-state index in [0.29, 0.717) is 42.4 Å². The second-order valence-electron chi connectivity index (χ2n) is 11.2. The number of aromatic nitrogens is 5. The van der Waals surface area contributed by atoms with E-state index in [9.17, 15) is 23.1 Å². The molecule has 1 aromatic carbocycles. The number of halogens is 3. The molecule has 0 amide bonds. The van der Waals surface area contributed by atoms with E-state index in [4.69, 9.17) is 0 Å². The largest absolute Gasteiger partial charge is 0.418 e. The van der Waals surface area contributed by atoms with Gasteiger partial charge in [0.1, 0.15) is 12.2 Å². The van der Waals surface area contributed by atoms with E-state index in [-0.39, 0.29) is 5.52 Å². The predicted molar refractivity (Wildman–Crippen MR) is 139 cm³/mol. The van der Waals surface area contributed by atoms with Gasteiger partial charge in [0.2, 0.25) is 0 Å². The lowest BCUT2D eigenvalue weighted by molar-refractivity contribution is -0.136. The zero-order valence-electron chi connectivity index (χ0n) is 21.9. The van der Waals surface area contributed by atoms with Crippen LogP contribution in [-0.4, -0.2) is 52.9 Å². The zero-order valence-corrected chi connectivity index (χ0v) is 21.9. The number of benzene rings is 1. The van der Waals surface area contributed by atoms with Crippen molar-refractivity contribution >= 4 is 5.52 Å². The van der Waals surface area contributed by atoms with Gasteiger partial charge < -0.3 is 9.67 Å². The fraction of sp³-hybridized carbons (Fsp3) is 0.464. The van der Waals surface area contributed by atoms with Crippen LogP contribution in [-0.2, 0) is 25.2 Å². The molecule has 1 saturated heterocycles. The van der Waals surface area contributed by atoms with Crippen LogP contribution in [0.15, 0.2) is 53.8 Å². The summed E-state index contributed by atoms with van der Waals surface area (Å²) in [4.78, 5) is 15.7. The number of pyridine rings is 1. The van der Waals surface area contributed by atoms with E-state index in [1.807, 2.05) is 13.1 Å². The summed E-state index contributed by atoms with van der Waals surface area (Å²) >= 11 is 0. The Bertz CT molecular complexity index is 1580. The first kappa shape index (κ1) is 25.8. The normalized spacial score (nSPS) is 24.3. The van der Waals surface area contributed by atoms with Crippen LogP contribution < -0.4 is 5.69 Å². The fourth-order valence-corrected chi connectivity index (χ4v) is 6.39. The van der Waals surface area contributed by atoms with Crippen LogP contribution in [0.25, 0.3) is 11.2 Å². The third-order valence-electron chi connectivity index (χ3n) is 8.26. The monoisotopic (exact) mass is 540 g/mol. The molecule has 2 fully saturated rings. The van der Waals surface area contributed by atoms with Gasteiger partial charge in [0, 0.05) is 32.5 Å². The molecule has 0 spiro atoms. The summed E-state index contributed by atoms with van der Waals surface area (Å²) in [6.07, 6.45) is 2.28. The maximum Gasteiger partial charge on any atom is 0.418 e. The van der Waals surface area contributed by atoms with E-state index < -0.39 is 28.9 Å². The molecule has 0 radical (unpaired) electrons. The maximum absolute atomic E-state index is 14.2. The number of hydrogen-bond donors (Lipinski definition) is 1. The summed E-state index contributed by atoms with van der Waals surface area (Å²) in [5.41, 5.74) is -0.446. The first-order valence-electron chi connectivity index (χ1n) is 13.2. The molecule has 11 heteroatoms. The number of alkyl halides is 3. The van der Waals surface area contributed by atoms with Gasteiger partial charge in [0.15, 0.2) is 0 Å². The summed E-state index contributed by atoms with van der Waals surface area (Å²) in [5.74, 6) is 1.18. The molecule has 39 heavy (non-hydrogen) atoms. The first-order chi connectivity index (χ1) is 18.5. The minimum absolute atomic E-state index is 0.184. The third kappa shape index (κ3) is 4.47. The molecule has 1 aliphatic heterocycles. The van der Waals surface area contributed by atoms with Crippen LogP contribution in [0.5, 0.6) is 0 Å². The molecule has 2 aliphatic rings. The Labute approximate surface area is 223 Å². The van der Waals surface area contributed by atoms with Gasteiger partial charge in [-0.2, -0.15) is 13.2 Å². The van der Waals surface area contributed by atoms with Crippen molar-refractivity contribution in [3.05, 3.63) is 82.1 Å². The highest BCUT2D eigenvalue weighted by Gasteiger charge is 2.49. The predicted octanol–water partition coefficient (Wildman–Crippen LogP) is 3.91.